The maximum atomic E-state index is 14.7. The zero-order valence-corrected chi connectivity index (χ0v) is 20.3. The molecule has 4 saturated carbocycles. The van der Waals surface area contributed by atoms with Gasteiger partial charge in [-0.3, -0.25) is 9.59 Å². The molecular weight excluding hydrogens is 533 g/mol. The van der Waals surface area contributed by atoms with Crippen LogP contribution >= 0.6 is 27.5 Å². The van der Waals surface area contributed by atoms with Gasteiger partial charge in [0, 0.05) is 43.7 Å². The molecular formula is C25H21BrClF3N2O2. The van der Waals surface area contributed by atoms with Gasteiger partial charge in [0.25, 0.3) is 11.8 Å². The second-order valence-corrected chi connectivity index (χ2v) is 11.6. The number of halogens is 5. The van der Waals surface area contributed by atoms with Crippen molar-refractivity contribution in [2.24, 2.45) is 23.2 Å². The number of benzene rings is 2. The molecule has 2 aromatic rings. The summed E-state index contributed by atoms with van der Waals surface area (Å²) in [6, 6.07) is 6.48. The Kier molecular flexibility index (Phi) is 4.92. The molecule has 1 aliphatic heterocycles. The maximum absolute atomic E-state index is 14.7. The summed E-state index contributed by atoms with van der Waals surface area (Å²) in [5.74, 6) is -5.26. The summed E-state index contributed by atoms with van der Waals surface area (Å²) in [4.78, 5) is 26.4. The summed E-state index contributed by atoms with van der Waals surface area (Å²) in [5, 5.41) is 6.09. The lowest BCUT2D eigenvalue weighted by molar-refractivity contribution is -0.222. The third-order valence-corrected chi connectivity index (χ3v) is 9.03. The van der Waals surface area contributed by atoms with E-state index >= 15 is 0 Å². The van der Waals surface area contributed by atoms with Crippen LogP contribution in [0.15, 0.2) is 34.8 Å². The third-order valence-electron chi connectivity index (χ3n) is 8.23. The Bertz CT molecular complexity index is 1230. The molecule has 4 nitrogen and oxygen atoms in total. The van der Waals surface area contributed by atoms with Crippen LogP contribution in [0.5, 0.6) is 0 Å². The molecule has 9 heteroatoms. The van der Waals surface area contributed by atoms with Gasteiger partial charge in [-0.1, -0.05) is 27.5 Å². The van der Waals surface area contributed by atoms with Crippen molar-refractivity contribution in [3.8, 4) is 0 Å². The van der Waals surface area contributed by atoms with Crippen LogP contribution in [0.3, 0.4) is 0 Å². The smallest absolute Gasteiger partial charge is 0.253 e. The molecule has 1 heterocycles. The van der Waals surface area contributed by atoms with E-state index in [2.05, 4.69) is 26.6 Å². The molecule has 7 rings (SSSR count). The lowest BCUT2D eigenvalue weighted by Crippen LogP contribution is -2.60. The van der Waals surface area contributed by atoms with E-state index in [9.17, 15) is 22.8 Å². The first-order chi connectivity index (χ1) is 16.1. The Balaban J connectivity index is 1.38. The van der Waals surface area contributed by atoms with Crippen LogP contribution in [0.4, 0.5) is 18.9 Å². The SMILES string of the molecule is O=C1NC(c2cc(F)ccc2Cl)c2c(NC(=O)C34CC5CC(C3)C(F)(F)C(C5)C4)cc(Br)cc21. The third kappa shape index (κ3) is 3.24. The molecule has 34 heavy (non-hydrogen) atoms. The standard InChI is InChI=1S/C25H21BrClF3N2O2/c26-14-5-17-20(21(32-22(17)33)16-7-15(28)1-2-18(16)27)19(6-14)31-23(34)24-8-11-3-12(9-24)25(29,30)13(4-11)10-24/h1-2,5-7,11-13,21H,3-4,8-10H2,(H,31,34)(H,32,33). The highest BCUT2D eigenvalue weighted by atomic mass is 79.9. The van der Waals surface area contributed by atoms with Crippen molar-refractivity contribution in [2.45, 2.75) is 44.1 Å². The summed E-state index contributed by atoms with van der Waals surface area (Å²) in [6.07, 6.45) is 1.90. The van der Waals surface area contributed by atoms with Crippen molar-refractivity contribution in [1.82, 2.24) is 5.32 Å². The van der Waals surface area contributed by atoms with Crippen LogP contribution < -0.4 is 10.6 Å². The molecule has 2 N–H and O–H groups in total. The van der Waals surface area contributed by atoms with Gasteiger partial charge in [0.2, 0.25) is 5.91 Å². The first-order valence-electron chi connectivity index (χ1n) is 11.4. The number of carbonyl (C=O) groups excluding carboxylic acids is 2. The minimum Gasteiger partial charge on any atom is -0.341 e. The fourth-order valence-electron chi connectivity index (χ4n) is 6.90. The highest BCUT2D eigenvalue weighted by Crippen LogP contribution is 2.65. The van der Waals surface area contributed by atoms with Gasteiger partial charge in [0.15, 0.2) is 0 Å². The maximum Gasteiger partial charge on any atom is 0.253 e. The average molecular weight is 554 g/mol. The molecule has 0 radical (unpaired) electrons. The highest BCUT2D eigenvalue weighted by molar-refractivity contribution is 9.10. The molecule has 0 saturated heterocycles. The molecule has 0 aromatic heterocycles. The van der Waals surface area contributed by atoms with E-state index in [0.717, 1.165) is 0 Å². The summed E-state index contributed by atoms with van der Waals surface area (Å²) in [6.45, 7) is 0. The average Bonchev–Trinajstić information content (AvgIpc) is 3.09. The molecule has 2 amide bonds. The van der Waals surface area contributed by atoms with Crippen LogP contribution in [0.1, 0.15) is 59.6 Å². The van der Waals surface area contributed by atoms with Crippen molar-refractivity contribution in [3.63, 3.8) is 0 Å². The van der Waals surface area contributed by atoms with Gasteiger partial charge in [0.05, 0.1) is 11.5 Å². The number of alkyl halides is 2. The number of amides is 2. The topological polar surface area (TPSA) is 58.2 Å². The van der Waals surface area contributed by atoms with Crippen molar-refractivity contribution in [2.75, 3.05) is 5.32 Å². The normalized spacial score (nSPS) is 32.4. The van der Waals surface area contributed by atoms with E-state index in [0.29, 0.717) is 46.1 Å². The zero-order chi connectivity index (χ0) is 24.0. The number of fused-ring (bicyclic) bond motifs is 1. The van der Waals surface area contributed by atoms with Gasteiger partial charge in [-0.05, 0) is 68.4 Å². The predicted octanol–water partition coefficient (Wildman–Crippen LogP) is 6.47. The predicted molar refractivity (Wildman–Crippen MR) is 124 cm³/mol. The van der Waals surface area contributed by atoms with E-state index in [1.54, 1.807) is 12.1 Å². The Labute approximate surface area is 207 Å². The van der Waals surface area contributed by atoms with Crippen molar-refractivity contribution < 1.29 is 22.8 Å². The van der Waals surface area contributed by atoms with Crippen LogP contribution in [-0.4, -0.2) is 17.7 Å². The minimum absolute atomic E-state index is 0.137. The van der Waals surface area contributed by atoms with Gasteiger partial charge in [-0.15, -0.1) is 0 Å². The number of nitrogens with one attached hydrogen (secondary N) is 2. The van der Waals surface area contributed by atoms with Gasteiger partial charge in [-0.25, -0.2) is 13.2 Å². The minimum atomic E-state index is -2.71. The zero-order valence-electron chi connectivity index (χ0n) is 17.9. The number of hydrogen-bond acceptors (Lipinski definition) is 2. The molecule has 3 unspecified atom stereocenters. The van der Waals surface area contributed by atoms with Gasteiger partial charge < -0.3 is 10.6 Å². The van der Waals surface area contributed by atoms with Crippen LogP contribution in [0.2, 0.25) is 5.02 Å². The van der Waals surface area contributed by atoms with E-state index in [4.69, 9.17) is 11.6 Å². The first-order valence-corrected chi connectivity index (χ1v) is 12.5. The molecule has 4 fully saturated rings. The molecule has 178 valence electrons. The summed E-state index contributed by atoms with van der Waals surface area (Å²) >= 11 is 9.73. The summed E-state index contributed by atoms with van der Waals surface area (Å²) in [7, 11) is 0. The van der Waals surface area contributed by atoms with Crippen LogP contribution in [-0.2, 0) is 4.79 Å². The molecule has 0 spiro atoms. The Hall–Kier alpha value is -2.06. The van der Waals surface area contributed by atoms with Gasteiger partial charge in [-0.2, -0.15) is 0 Å². The molecule has 4 aliphatic carbocycles. The Morgan fingerprint density at radius 1 is 1.12 bits per heavy atom. The van der Waals surface area contributed by atoms with Gasteiger partial charge in [0.1, 0.15) is 5.82 Å². The van der Waals surface area contributed by atoms with E-state index in [1.165, 1.54) is 18.2 Å². The van der Waals surface area contributed by atoms with E-state index in [1.807, 2.05) is 0 Å². The van der Waals surface area contributed by atoms with Crippen molar-refractivity contribution >= 4 is 45.0 Å². The Morgan fingerprint density at radius 3 is 2.53 bits per heavy atom. The summed E-state index contributed by atoms with van der Waals surface area (Å²) in [5.41, 5.74) is 0.757. The van der Waals surface area contributed by atoms with E-state index in [-0.39, 0.29) is 35.6 Å². The van der Waals surface area contributed by atoms with Crippen molar-refractivity contribution in [3.05, 3.63) is 62.3 Å². The van der Waals surface area contributed by atoms with Crippen molar-refractivity contribution in [1.29, 1.82) is 0 Å². The number of carbonyl (C=O) groups is 2. The fourth-order valence-corrected chi connectivity index (χ4v) is 7.59. The largest absolute Gasteiger partial charge is 0.341 e. The van der Waals surface area contributed by atoms with Gasteiger partial charge >= 0.3 is 0 Å². The molecule has 2 aromatic carbocycles. The van der Waals surface area contributed by atoms with Crippen LogP contribution in [0, 0.1) is 29.0 Å². The first kappa shape index (κ1) is 22.4. The second kappa shape index (κ2) is 7.47. The quantitative estimate of drug-likeness (QED) is 0.457. The Morgan fingerprint density at radius 2 is 1.82 bits per heavy atom. The number of hydrogen-bond donors (Lipinski definition) is 2. The number of anilines is 1. The lowest BCUT2D eigenvalue weighted by Gasteiger charge is -2.58. The fraction of sp³-hybridized carbons (Fsp3) is 0.440. The highest BCUT2D eigenvalue weighted by Gasteiger charge is 2.65. The lowest BCUT2D eigenvalue weighted by atomic mass is 9.48. The second-order valence-electron chi connectivity index (χ2n) is 10.2. The molecule has 3 atom stereocenters. The molecule has 5 aliphatic rings. The number of rotatable bonds is 3. The van der Waals surface area contributed by atoms with Crippen LogP contribution in [0.25, 0.3) is 0 Å². The monoisotopic (exact) mass is 552 g/mol. The molecule has 4 bridgehead atoms. The van der Waals surface area contributed by atoms with E-state index < -0.39 is 35.0 Å². The summed E-state index contributed by atoms with van der Waals surface area (Å²) < 4.78 is 44.1.